The SMILES string of the molecule is CCCCNC(=O)[C@H](Cc1ccccc1)N(Cc1ccccc1F)C(=O)CN(c1cc(Cl)cc(Cl)c1)S(=O)(=O)c1ccccc1. The van der Waals surface area contributed by atoms with Crippen molar-refractivity contribution >= 4 is 50.7 Å². The van der Waals surface area contributed by atoms with E-state index < -0.39 is 40.2 Å². The Morgan fingerprint density at radius 2 is 1.47 bits per heavy atom. The molecule has 4 aromatic rings. The van der Waals surface area contributed by atoms with Gasteiger partial charge in [-0.15, -0.1) is 0 Å². The summed E-state index contributed by atoms with van der Waals surface area (Å²) in [6.45, 7) is 1.39. The zero-order chi connectivity index (χ0) is 32.4. The Balaban J connectivity index is 1.81. The Labute approximate surface area is 273 Å². The lowest BCUT2D eigenvalue weighted by Crippen LogP contribution is -2.53. The number of nitrogens with one attached hydrogen (secondary N) is 1. The van der Waals surface area contributed by atoms with Gasteiger partial charge >= 0.3 is 0 Å². The maximum Gasteiger partial charge on any atom is 0.264 e. The van der Waals surface area contributed by atoms with Gasteiger partial charge in [0.25, 0.3) is 10.0 Å². The molecule has 0 fully saturated rings. The lowest BCUT2D eigenvalue weighted by molar-refractivity contribution is -0.140. The average Bonchev–Trinajstić information content (AvgIpc) is 3.02. The maximum absolute atomic E-state index is 15.0. The zero-order valence-corrected chi connectivity index (χ0v) is 27.0. The molecule has 0 unspecified atom stereocenters. The summed E-state index contributed by atoms with van der Waals surface area (Å²) >= 11 is 12.5. The molecule has 11 heteroatoms. The first-order chi connectivity index (χ1) is 21.6. The zero-order valence-electron chi connectivity index (χ0n) is 24.7. The molecule has 0 radical (unpaired) electrons. The molecule has 1 N–H and O–H groups in total. The molecule has 1 atom stereocenters. The number of anilines is 1. The van der Waals surface area contributed by atoms with Gasteiger partial charge in [-0.2, -0.15) is 0 Å². The minimum Gasteiger partial charge on any atom is -0.354 e. The van der Waals surface area contributed by atoms with Crippen LogP contribution in [0.2, 0.25) is 10.0 Å². The Bertz CT molecular complexity index is 1690. The Morgan fingerprint density at radius 3 is 2.09 bits per heavy atom. The predicted octanol–water partition coefficient (Wildman–Crippen LogP) is 6.88. The summed E-state index contributed by atoms with van der Waals surface area (Å²) in [5.74, 6) is -1.71. The number of carbonyl (C=O) groups is 2. The van der Waals surface area contributed by atoms with Crippen molar-refractivity contribution in [2.45, 2.75) is 43.7 Å². The summed E-state index contributed by atoms with van der Waals surface area (Å²) in [5, 5.41) is 3.23. The van der Waals surface area contributed by atoms with Gasteiger partial charge in [-0.1, -0.05) is 103 Å². The number of hydrogen-bond acceptors (Lipinski definition) is 4. The van der Waals surface area contributed by atoms with Crippen molar-refractivity contribution in [3.05, 3.63) is 130 Å². The molecule has 0 aliphatic rings. The first kappa shape index (κ1) is 34.0. The van der Waals surface area contributed by atoms with E-state index in [0.29, 0.717) is 6.54 Å². The number of nitrogens with zero attached hydrogens (tertiary/aromatic N) is 2. The quantitative estimate of drug-likeness (QED) is 0.148. The van der Waals surface area contributed by atoms with Crippen molar-refractivity contribution in [1.82, 2.24) is 10.2 Å². The summed E-state index contributed by atoms with van der Waals surface area (Å²) in [4.78, 5) is 29.3. The normalized spacial score (nSPS) is 11.9. The van der Waals surface area contributed by atoms with Crippen molar-refractivity contribution in [1.29, 1.82) is 0 Å². The first-order valence-corrected chi connectivity index (χ1v) is 16.7. The molecule has 4 aromatic carbocycles. The fraction of sp³-hybridized carbons (Fsp3) is 0.235. The van der Waals surface area contributed by atoms with Crippen molar-refractivity contribution in [2.24, 2.45) is 0 Å². The topological polar surface area (TPSA) is 86.8 Å². The third kappa shape index (κ3) is 9.06. The van der Waals surface area contributed by atoms with E-state index in [0.717, 1.165) is 22.7 Å². The second kappa shape index (κ2) is 15.9. The maximum atomic E-state index is 15.0. The van der Waals surface area contributed by atoms with E-state index in [9.17, 15) is 18.0 Å². The second-order valence-electron chi connectivity index (χ2n) is 10.4. The van der Waals surface area contributed by atoms with Crippen LogP contribution < -0.4 is 9.62 Å². The molecule has 2 amide bonds. The van der Waals surface area contributed by atoms with Crippen molar-refractivity contribution in [2.75, 3.05) is 17.4 Å². The Morgan fingerprint density at radius 1 is 0.867 bits per heavy atom. The van der Waals surface area contributed by atoms with E-state index in [4.69, 9.17) is 23.2 Å². The number of halogens is 3. The molecule has 7 nitrogen and oxygen atoms in total. The van der Waals surface area contributed by atoms with E-state index in [1.54, 1.807) is 24.3 Å². The van der Waals surface area contributed by atoms with Gasteiger partial charge in [-0.3, -0.25) is 13.9 Å². The molecule has 4 rings (SSSR count). The van der Waals surface area contributed by atoms with Gasteiger partial charge in [0.05, 0.1) is 10.6 Å². The number of amides is 2. The minimum atomic E-state index is -4.33. The molecule has 0 bridgehead atoms. The summed E-state index contributed by atoms with van der Waals surface area (Å²) in [6.07, 6.45) is 1.69. The van der Waals surface area contributed by atoms with Crippen LogP contribution >= 0.6 is 23.2 Å². The molecule has 0 saturated carbocycles. The smallest absolute Gasteiger partial charge is 0.264 e. The van der Waals surface area contributed by atoms with E-state index in [1.165, 1.54) is 53.4 Å². The molecule has 45 heavy (non-hydrogen) atoms. The highest BCUT2D eigenvalue weighted by atomic mass is 35.5. The number of rotatable bonds is 14. The van der Waals surface area contributed by atoms with E-state index in [-0.39, 0.29) is 39.2 Å². The van der Waals surface area contributed by atoms with Gasteiger partial charge in [-0.05, 0) is 48.4 Å². The van der Waals surface area contributed by atoms with Crippen LogP contribution in [-0.4, -0.2) is 44.3 Å². The van der Waals surface area contributed by atoms with Crippen molar-refractivity contribution in [3.8, 4) is 0 Å². The van der Waals surface area contributed by atoms with Crippen molar-refractivity contribution in [3.63, 3.8) is 0 Å². The third-order valence-corrected chi connectivity index (χ3v) is 9.37. The van der Waals surface area contributed by atoms with Crippen LogP contribution in [0.25, 0.3) is 0 Å². The fourth-order valence-corrected chi connectivity index (χ4v) is 6.74. The molecule has 0 aromatic heterocycles. The highest BCUT2D eigenvalue weighted by Crippen LogP contribution is 2.30. The lowest BCUT2D eigenvalue weighted by Gasteiger charge is -2.34. The predicted molar refractivity (Wildman–Crippen MR) is 176 cm³/mol. The Hall–Kier alpha value is -3.92. The van der Waals surface area contributed by atoms with Crippen LogP contribution in [0.5, 0.6) is 0 Å². The second-order valence-corrected chi connectivity index (χ2v) is 13.2. The summed E-state index contributed by atoms with van der Waals surface area (Å²) < 4.78 is 44.0. The number of carbonyl (C=O) groups excluding carboxylic acids is 2. The Kier molecular flexibility index (Phi) is 12.0. The molecule has 0 spiro atoms. The van der Waals surface area contributed by atoms with Crippen LogP contribution in [0.4, 0.5) is 10.1 Å². The fourth-order valence-electron chi connectivity index (χ4n) is 4.80. The summed E-state index contributed by atoms with van der Waals surface area (Å²) in [5.41, 5.74) is 1.01. The van der Waals surface area contributed by atoms with Gasteiger partial charge in [0, 0.05) is 35.1 Å². The average molecular weight is 671 g/mol. The molecular formula is C34H34Cl2FN3O4S. The van der Waals surface area contributed by atoms with Crippen LogP contribution in [-0.2, 0) is 32.6 Å². The van der Waals surface area contributed by atoms with Gasteiger partial charge < -0.3 is 10.2 Å². The first-order valence-electron chi connectivity index (χ1n) is 14.5. The van der Waals surface area contributed by atoms with Gasteiger partial charge in [0.1, 0.15) is 18.4 Å². The standard InChI is InChI=1S/C34H34Cl2FN3O4S/c1-2-3-18-38-34(42)32(19-25-12-6-4-7-13-25)39(23-26-14-10-11-17-31(26)37)33(41)24-40(29-21-27(35)20-28(36)22-29)45(43,44)30-15-8-5-9-16-30/h4-17,20-22,32H,2-3,18-19,23-24H2,1H3,(H,38,42)/t32-/m0/s1. The number of unbranched alkanes of at least 4 members (excludes halogenated alkanes) is 1. The summed E-state index contributed by atoms with van der Waals surface area (Å²) in [7, 11) is -4.33. The van der Waals surface area contributed by atoms with Crippen LogP contribution in [0.15, 0.2) is 108 Å². The molecule has 0 saturated heterocycles. The van der Waals surface area contributed by atoms with Gasteiger partial charge in [0.2, 0.25) is 11.8 Å². The molecule has 0 heterocycles. The van der Waals surface area contributed by atoms with Gasteiger partial charge in [0.15, 0.2) is 0 Å². The highest BCUT2D eigenvalue weighted by molar-refractivity contribution is 7.92. The molecule has 236 valence electrons. The number of benzene rings is 4. The number of hydrogen-bond donors (Lipinski definition) is 1. The largest absolute Gasteiger partial charge is 0.354 e. The number of sulfonamides is 1. The minimum absolute atomic E-state index is 0.0579. The molecule has 0 aliphatic heterocycles. The molecule has 0 aliphatic carbocycles. The highest BCUT2D eigenvalue weighted by Gasteiger charge is 2.35. The van der Waals surface area contributed by atoms with E-state index >= 15 is 4.39 Å². The van der Waals surface area contributed by atoms with Crippen LogP contribution in [0, 0.1) is 5.82 Å². The molecular weight excluding hydrogens is 636 g/mol. The monoisotopic (exact) mass is 669 g/mol. The van der Waals surface area contributed by atoms with Crippen LogP contribution in [0.3, 0.4) is 0 Å². The third-order valence-electron chi connectivity index (χ3n) is 7.14. The van der Waals surface area contributed by atoms with E-state index in [1.807, 2.05) is 37.3 Å². The van der Waals surface area contributed by atoms with Gasteiger partial charge in [-0.25, -0.2) is 12.8 Å². The van der Waals surface area contributed by atoms with Crippen molar-refractivity contribution < 1.29 is 22.4 Å². The summed E-state index contributed by atoms with van der Waals surface area (Å²) in [6, 6.07) is 25.9. The van der Waals surface area contributed by atoms with E-state index in [2.05, 4.69) is 5.32 Å². The van der Waals surface area contributed by atoms with Crippen LogP contribution in [0.1, 0.15) is 30.9 Å². The lowest BCUT2D eigenvalue weighted by atomic mass is 10.0.